The number of nitriles is 1. The minimum Gasteiger partial charge on any atom is -0.457 e. The molecule has 0 bridgehead atoms. The zero-order valence-electron chi connectivity index (χ0n) is 14.5. The fraction of sp³-hybridized carbons (Fsp3) is 0.222. The normalized spacial score (nSPS) is 18.4. The highest BCUT2D eigenvalue weighted by molar-refractivity contribution is 7.91. The number of amides is 1. The lowest BCUT2D eigenvalue weighted by atomic mass is 10.1. The topological polar surface area (TPSA) is 143 Å². The highest BCUT2D eigenvalue weighted by Crippen LogP contribution is 2.26. The maximum absolute atomic E-state index is 12.2. The van der Waals surface area contributed by atoms with Crippen LogP contribution in [0.5, 0.6) is 0 Å². The van der Waals surface area contributed by atoms with Crippen molar-refractivity contribution in [3.8, 4) is 17.4 Å². The smallest absolute Gasteiger partial charge is 0.270 e. The molecule has 2 heterocycles. The van der Waals surface area contributed by atoms with Crippen LogP contribution in [0.25, 0.3) is 17.4 Å². The van der Waals surface area contributed by atoms with E-state index in [1.165, 1.54) is 30.3 Å². The molecule has 144 valence electrons. The van der Waals surface area contributed by atoms with Gasteiger partial charge in [0.1, 0.15) is 23.2 Å². The number of nitro groups is 1. The van der Waals surface area contributed by atoms with Gasteiger partial charge in [-0.2, -0.15) is 5.26 Å². The van der Waals surface area contributed by atoms with E-state index in [4.69, 9.17) is 4.42 Å². The molecule has 1 aliphatic heterocycles. The van der Waals surface area contributed by atoms with Crippen molar-refractivity contribution in [1.82, 2.24) is 5.32 Å². The van der Waals surface area contributed by atoms with E-state index < -0.39 is 26.7 Å². The molecule has 3 rings (SSSR count). The highest BCUT2D eigenvalue weighted by atomic mass is 32.2. The molecular weight excluding hydrogens is 386 g/mol. The van der Waals surface area contributed by atoms with E-state index in [2.05, 4.69) is 5.32 Å². The third kappa shape index (κ3) is 4.44. The largest absolute Gasteiger partial charge is 0.457 e. The van der Waals surface area contributed by atoms with Gasteiger partial charge in [-0.3, -0.25) is 14.9 Å². The molecule has 9 nitrogen and oxygen atoms in total. The van der Waals surface area contributed by atoms with Gasteiger partial charge in [-0.1, -0.05) is 12.1 Å². The SMILES string of the molecule is N#C/C(=C\c1ccc(-c2cccc([N+](=O)[O-])c2)o1)C(=O)N[C@H]1CCS(=O)(=O)C1. The molecule has 2 aromatic rings. The molecule has 1 fully saturated rings. The second-order valence-electron chi connectivity index (χ2n) is 6.25. The van der Waals surface area contributed by atoms with Gasteiger partial charge >= 0.3 is 0 Å². The van der Waals surface area contributed by atoms with Crippen LogP contribution >= 0.6 is 0 Å². The van der Waals surface area contributed by atoms with Gasteiger partial charge in [0.2, 0.25) is 0 Å². The van der Waals surface area contributed by atoms with Gasteiger partial charge in [0.15, 0.2) is 9.84 Å². The molecule has 1 aliphatic rings. The Labute approximate surface area is 160 Å². The molecule has 0 spiro atoms. The van der Waals surface area contributed by atoms with Gasteiger partial charge in [0, 0.05) is 29.8 Å². The van der Waals surface area contributed by atoms with Gasteiger partial charge in [0.05, 0.1) is 16.4 Å². The van der Waals surface area contributed by atoms with E-state index in [0.717, 1.165) is 0 Å². The van der Waals surface area contributed by atoms with Crippen LogP contribution in [0.1, 0.15) is 12.2 Å². The lowest BCUT2D eigenvalue weighted by Crippen LogP contribution is -2.36. The van der Waals surface area contributed by atoms with Gasteiger partial charge in [-0.25, -0.2) is 8.42 Å². The van der Waals surface area contributed by atoms with Crippen LogP contribution < -0.4 is 5.32 Å². The summed E-state index contributed by atoms with van der Waals surface area (Å²) in [5.41, 5.74) is 0.159. The Morgan fingerprint density at radius 3 is 2.79 bits per heavy atom. The van der Waals surface area contributed by atoms with Crippen molar-refractivity contribution < 1.29 is 22.6 Å². The Morgan fingerprint density at radius 1 is 1.36 bits per heavy atom. The maximum atomic E-state index is 12.2. The molecule has 1 aromatic heterocycles. The van der Waals surface area contributed by atoms with Crippen molar-refractivity contribution in [2.24, 2.45) is 0 Å². The first kappa shape index (κ1) is 19.3. The summed E-state index contributed by atoms with van der Waals surface area (Å²) in [6.45, 7) is 0. The number of nitrogens with zero attached hydrogens (tertiary/aromatic N) is 2. The highest BCUT2D eigenvalue weighted by Gasteiger charge is 2.29. The summed E-state index contributed by atoms with van der Waals surface area (Å²) in [6.07, 6.45) is 1.55. The lowest BCUT2D eigenvalue weighted by Gasteiger charge is -2.09. The molecule has 1 saturated heterocycles. The minimum atomic E-state index is -3.15. The van der Waals surface area contributed by atoms with Crippen LogP contribution in [0.15, 0.2) is 46.4 Å². The molecule has 0 aliphatic carbocycles. The summed E-state index contributed by atoms with van der Waals surface area (Å²) in [7, 11) is -3.15. The predicted molar refractivity (Wildman–Crippen MR) is 99.6 cm³/mol. The number of rotatable bonds is 5. The van der Waals surface area contributed by atoms with E-state index in [-0.39, 0.29) is 28.5 Å². The van der Waals surface area contributed by atoms with Crippen LogP contribution in [0, 0.1) is 21.4 Å². The number of carbonyl (C=O) groups excluding carboxylic acids is 1. The maximum Gasteiger partial charge on any atom is 0.270 e. The standard InChI is InChI=1S/C18H15N3O6S/c19-10-13(18(22)20-14-6-7-28(25,26)11-14)9-16-4-5-17(27-16)12-2-1-3-15(8-12)21(23)24/h1-5,8-9,14H,6-7,11H2,(H,20,22)/b13-9+/t14-/m0/s1. The summed E-state index contributed by atoms with van der Waals surface area (Å²) in [5, 5.41) is 22.7. The summed E-state index contributed by atoms with van der Waals surface area (Å²) in [4.78, 5) is 22.6. The fourth-order valence-corrected chi connectivity index (χ4v) is 4.49. The number of hydrogen-bond donors (Lipinski definition) is 1. The molecule has 28 heavy (non-hydrogen) atoms. The van der Waals surface area contributed by atoms with E-state index in [0.29, 0.717) is 17.7 Å². The number of sulfone groups is 1. The van der Waals surface area contributed by atoms with Crippen LogP contribution in [0.3, 0.4) is 0 Å². The van der Waals surface area contributed by atoms with Gasteiger partial charge < -0.3 is 9.73 Å². The van der Waals surface area contributed by atoms with E-state index in [1.54, 1.807) is 18.2 Å². The van der Waals surface area contributed by atoms with E-state index in [9.17, 15) is 28.6 Å². The van der Waals surface area contributed by atoms with Crippen LogP contribution in [-0.2, 0) is 14.6 Å². The Morgan fingerprint density at radius 2 is 2.14 bits per heavy atom. The number of non-ortho nitro benzene ring substituents is 1. The summed E-state index contributed by atoms with van der Waals surface area (Å²) in [6, 6.07) is 10.2. The van der Waals surface area contributed by atoms with Crippen molar-refractivity contribution in [3.05, 3.63) is 57.8 Å². The van der Waals surface area contributed by atoms with Gasteiger partial charge in [0.25, 0.3) is 11.6 Å². The minimum absolute atomic E-state index is 0.00824. The van der Waals surface area contributed by atoms with Crippen molar-refractivity contribution in [2.45, 2.75) is 12.5 Å². The fourth-order valence-electron chi connectivity index (χ4n) is 2.82. The lowest BCUT2D eigenvalue weighted by molar-refractivity contribution is -0.384. The second-order valence-corrected chi connectivity index (χ2v) is 8.48. The molecule has 0 unspecified atom stereocenters. The quantitative estimate of drug-likeness (QED) is 0.349. The van der Waals surface area contributed by atoms with Crippen molar-refractivity contribution in [3.63, 3.8) is 0 Å². The Kier molecular flexibility index (Phi) is 5.28. The second kappa shape index (κ2) is 7.66. The summed E-state index contributed by atoms with van der Waals surface area (Å²) in [5.74, 6) is -0.261. The Balaban J connectivity index is 1.77. The average Bonchev–Trinajstić information content (AvgIpc) is 3.25. The number of nitrogens with one attached hydrogen (secondary N) is 1. The molecule has 1 atom stereocenters. The predicted octanol–water partition coefficient (Wildman–Crippen LogP) is 2.07. The molecule has 1 amide bonds. The van der Waals surface area contributed by atoms with Crippen molar-refractivity contribution >= 4 is 27.5 Å². The number of hydrogen-bond acceptors (Lipinski definition) is 7. The zero-order chi connectivity index (χ0) is 20.3. The van der Waals surface area contributed by atoms with Gasteiger partial charge in [-0.05, 0) is 18.6 Å². The summed E-state index contributed by atoms with van der Waals surface area (Å²) < 4.78 is 28.5. The van der Waals surface area contributed by atoms with Crippen LogP contribution in [-0.4, -0.2) is 36.8 Å². The number of carbonyl (C=O) groups is 1. The molecular formula is C18H15N3O6S. The Bertz CT molecular complexity index is 1110. The average molecular weight is 401 g/mol. The molecule has 10 heteroatoms. The monoisotopic (exact) mass is 401 g/mol. The third-order valence-corrected chi connectivity index (χ3v) is 5.96. The first-order chi connectivity index (χ1) is 13.3. The van der Waals surface area contributed by atoms with Crippen molar-refractivity contribution in [2.75, 3.05) is 11.5 Å². The van der Waals surface area contributed by atoms with E-state index in [1.807, 2.05) is 0 Å². The third-order valence-electron chi connectivity index (χ3n) is 4.19. The number of nitro benzene ring substituents is 1. The molecule has 0 radical (unpaired) electrons. The first-order valence-corrected chi connectivity index (χ1v) is 10.1. The molecule has 1 N–H and O–H groups in total. The van der Waals surface area contributed by atoms with Gasteiger partial charge in [-0.15, -0.1) is 0 Å². The molecule has 0 saturated carbocycles. The summed E-state index contributed by atoms with van der Waals surface area (Å²) >= 11 is 0. The van der Waals surface area contributed by atoms with Crippen molar-refractivity contribution in [1.29, 1.82) is 5.26 Å². The number of furan rings is 1. The Hall–Kier alpha value is -3.45. The number of benzene rings is 1. The van der Waals surface area contributed by atoms with Crippen LogP contribution in [0.2, 0.25) is 0 Å². The molecule has 1 aromatic carbocycles. The zero-order valence-corrected chi connectivity index (χ0v) is 15.3. The van der Waals surface area contributed by atoms with Crippen LogP contribution in [0.4, 0.5) is 5.69 Å². The first-order valence-electron chi connectivity index (χ1n) is 8.25. The van der Waals surface area contributed by atoms with E-state index >= 15 is 0 Å².